The number of carbonyl (C=O) groups is 1. The molecule has 4 nitrogen and oxygen atoms in total. The molecule has 0 fully saturated rings. The van der Waals surface area contributed by atoms with Crippen molar-refractivity contribution in [2.75, 3.05) is 0 Å². The predicted molar refractivity (Wildman–Crippen MR) is 76.4 cm³/mol. The minimum atomic E-state index is -1.03. The van der Waals surface area contributed by atoms with E-state index < -0.39 is 5.97 Å². The van der Waals surface area contributed by atoms with Crippen molar-refractivity contribution < 1.29 is 9.90 Å². The van der Waals surface area contributed by atoms with Gasteiger partial charge in [-0.1, -0.05) is 30.3 Å². The van der Waals surface area contributed by atoms with Crippen LogP contribution in [0.25, 0.3) is 0 Å². The Kier molecular flexibility index (Phi) is 4.79. The number of benzene rings is 1. The average Bonchev–Trinajstić information content (AvgIpc) is 2.79. The van der Waals surface area contributed by atoms with Crippen LogP contribution >= 0.6 is 34.9 Å². The zero-order valence-corrected chi connectivity index (χ0v) is 12.5. The highest BCUT2D eigenvalue weighted by Gasteiger charge is 2.11. The molecule has 0 unspecified atom stereocenters. The molecule has 2 aromatic rings. The van der Waals surface area contributed by atoms with Crippen LogP contribution in [0, 0.1) is 0 Å². The summed E-state index contributed by atoms with van der Waals surface area (Å²) in [5, 5.41) is 9.25. The molecular weight excluding hydrogens is 304 g/mol. The van der Waals surface area contributed by atoms with Crippen LogP contribution in [0.2, 0.25) is 5.02 Å². The molecule has 0 aliphatic rings. The lowest BCUT2D eigenvalue weighted by molar-refractivity contribution is 0.0697. The molecule has 0 bridgehead atoms. The second-order valence-electron chi connectivity index (χ2n) is 3.78. The van der Waals surface area contributed by atoms with Crippen LogP contribution in [0.15, 0.2) is 27.4 Å². The number of rotatable bonds is 5. The minimum absolute atomic E-state index is 0.102. The van der Waals surface area contributed by atoms with Crippen molar-refractivity contribution >= 4 is 40.9 Å². The van der Waals surface area contributed by atoms with Gasteiger partial charge in [-0.3, -0.25) is 0 Å². The number of carboxylic acid groups (broad SMARTS) is 1. The van der Waals surface area contributed by atoms with Crippen molar-refractivity contribution in [2.45, 2.75) is 29.0 Å². The minimum Gasteiger partial charge on any atom is -0.478 e. The van der Waals surface area contributed by atoms with Gasteiger partial charge in [-0.25, -0.2) is 9.78 Å². The monoisotopic (exact) mass is 314 g/mol. The number of carboxylic acids is 1. The Hall–Kier alpha value is -1.11. The first kappa shape index (κ1) is 14.3. The van der Waals surface area contributed by atoms with Crippen LogP contribution in [0.1, 0.15) is 29.5 Å². The Morgan fingerprint density at radius 1 is 1.53 bits per heavy atom. The number of aromatic nitrogens is 2. The first-order valence-electron chi connectivity index (χ1n) is 5.63. The number of hydrogen-bond donors (Lipinski definition) is 1. The SMILES string of the molecule is CCCc1nsc(Sc2ccc(Cl)c(C(=O)O)c2)n1. The Morgan fingerprint density at radius 3 is 3.00 bits per heavy atom. The maximum absolute atomic E-state index is 11.0. The Balaban J connectivity index is 2.18. The van der Waals surface area contributed by atoms with E-state index in [1.165, 1.54) is 23.3 Å². The molecular formula is C12H11ClN2O2S2. The zero-order valence-electron chi connectivity index (χ0n) is 10.1. The van der Waals surface area contributed by atoms with Gasteiger partial charge in [-0.15, -0.1) is 0 Å². The van der Waals surface area contributed by atoms with Gasteiger partial charge in [0.15, 0.2) is 4.34 Å². The van der Waals surface area contributed by atoms with E-state index in [0.717, 1.165) is 27.9 Å². The van der Waals surface area contributed by atoms with Gasteiger partial charge in [0.1, 0.15) is 5.82 Å². The largest absolute Gasteiger partial charge is 0.478 e. The topological polar surface area (TPSA) is 63.1 Å². The van der Waals surface area contributed by atoms with Gasteiger partial charge in [0, 0.05) is 11.3 Å². The molecule has 19 heavy (non-hydrogen) atoms. The zero-order chi connectivity index (χ0) is 13.8. The van der Waals surface area contributed by atoms with Crippen molar-refractivity contribution in [3.05, 3.63) is 34.6 Å². The molecule has 1 aromatic heterocycles. The van der Waals surface area contributed by atoms with E-state index in [0.29, 0.717) is 0 Å². The molecule has 1 aromatic carbocycles. The summed E-state index contributed by atoms with van der Waals surface area (Å²) in [5.41, 5.74) is 0.102. The molecule has 1 N–H and O–H groups in total. The van der Waals surface area contributed by atoms with Gasteiger partial charge in [0.2, 0.25) is 0 Å². The fourth-order valence-electron chi connectivity index (χ4n) is 1.44. The van der Waals surface area contributed by atoms with Crippen LogP contribution < -0.4 is 0 Å². The van der Waals surface area contributed by atoms with Crippen LogP contribution in [0.4, 0.5) is 0 Å². The molecule has 7 heteroatoms. The second kappa shape index (κ2) is 6.36. The van der Waals surface area contributed by atoms with Gasteiger partial charge in [-0.2, -0.15) is 4.37 Å². The fraction of sp³-hybridized carbons (Fsp3) is 0.250. The van der Waals surface area contributed by atoms with E-state index in [-0.39, 0.29) is 10.6 Å². The van der Waals surface area contributed by atoms with E-state index in [2.05, 4.69) is 16.3 Å². The first-order chi connectivity index (χ1) is 9.10. The van der Waals surface area contributed by atoms with Gasteiger partial charge in [-0.05, 0) is 36.2 Å². The summed E-state index contributed by atoms with van der Waals surface area (Å²) in [5.74, 6) is -0.196. The van der Waals surface area contributed by atoms with Crippen LogP contribution in [-0.4, -0.2) is 20.4 Å². The lowest BCUT2D eigenvalue weighted by atomic mass is 10.2. The molecule has 0 aliphatic carbocycles. The van der Waals surface area contributed by atoms with Crippen molar-refractivity contribution in [1.82, 2.24) is 9.36 Å². The number of hydrogen-bond acceptors (Lipinski definition) is 5. The maximum Gasteiger partial charge on any atom is 0.337 e. The maximum atomic E-state index is 11.0. The molecule has 0 radical (unpaired) electrons. The number of aromatic carboxylic acids is 1. The lowest BCUT2D eigenvalue weighted by Gasteiger charge is -2.01. The average molecular weight is 315 g/mol. The van der Waals surface area contributed by atoms with Gasteiger partial charge >= 0.3 is 5.97 Å². The molecule has 2 rings (SSSR count). The van der Waals surface area contributed by atoms with Gasteiger partial charge in [0.05, 0.1) is 10.6 Å². The van der Waals surface area contributed by atoms with Crippen LogP contribution in [0.3, 0.4) is 0 Å². The summed E-state index contributed by atoms with van der Waals surface area (Å²) in [6.45, 7) is 2.08. The third kappa shape index (κ3) is 3.68. The summed E-state index contributed by atoms with van der Waals surface area (Å²) in [6, 6.07) is 4.91. The van der Waals surface area contributed by atoms with E-state index >= 15 is 0 Å². The normalized spacial score (nSPS) is 10.6. The summed E-state index contributed by atoms with van der Waals surface area (Å²) in [7, 11) is 0. The highest BCUT2D eigenvalue weighted by atomic mass is 35.5. The third-order valence-electron chi connectivity index (χ3n) is 2.30. The molecule has 0 spiro atoms. The number of nitrogens with zero attached hydrogens (tertiary/aromatic N) is 2. The van der Waals surface area contributed by atoms with Gasteiger partial charge in [0.25, 0.3) is 0 Å². The Morgan fingerprint density at radius 2 is 2.32 bits per heavy atom. The smallest absolute Gasteiger partial charge is 0.337 e. The molecule has 0 amide bonds. The molecule has 100 valence electrons. The van der Waals surface area contributed by atoms with Crippen molar-refractivity contribution in [3.8, 4) is 0 Å². The summed E-state index contributed by atoms with van der Waals surface area (Å²) >= 11 is 8.55. The van der Waals surface area contributed by atoms with Crippen molar-refractivity contribution in [2.24, 2.45) is 0 Å². The third-order valence-corrected chi connectivity index (χ3v) is 4.40. The highest BCUT2D eigenvalue weighted by Crippen LogP contribution is 2.31. The Labute approximate surface area is 124 Å². The quantitative estimate of drug-likeness (QED) is 0.904. The summed E-state index contributed by atoms with van der Waals surface area (Å²) in [6.07, 6.45) is 1.86. The van der Waals surface area contributed by atoms with E-state index in [1.54, 1.807) is 18.2 Å². The molecule has 0 atom stereocenters. The highest BCUT2D eigenvalue weighted by molar-refractivity contribution is 8.01. The van der Waals surface area contributed by atoms with Crippen molar-refractivity contribution in [3.63, 3.8) is 0 Å². The Bertz CT molecular complexity index is 601. The molecule has 0 saturated heterocycles. The molecule has 1 heterocycles. The summed E-state index contributed by atoms with van der Waals surface area (Å²) < 4.78 is 5.05. The molecule has 0 aliphatic heterocycles. The fourth-order valence-corrected chi connectivity index (χ4v) is 3.31. The van der Waals surface area contributed by atoms with Crippen LogP contribution in [0.5, 0.6) is 0 Å². The van der Waals surface area contributed by atoms with E-state index in [9.17, 15) is 4.79 Å². The lowest BCUT2D eigenvalue weighted by Crippen LogP contribution is -1.97. The predicted octanol–water partition coefficient (Wildman–Crippen LogP) is 3.99. The van der Waals surface area contributed by atoms with E-state index in [4.69, 9.17) is 16.7 Å². The first-order valence-corrected chi connectivity index (χ1v) is 7.60. The molecule has 0 saturated carbocycles. The van der Waals surface area contributed by atoms with Gasteiger partial charge < -0.3 is 5.11 Å². The number of aryl methyl sites for hydroxylation is 1. The number of halogens is 1. The second-order valence-corrected chi connectivity index (χ2v) is 6.26. The summed E-state index contributed by atoms with van der Waals surface area (Å²) in [4.78, 5) is 16.2. The van der Waals surface area contributed by atoms with Crippen molar-refractivity contribution in [1.29, 1.82) is 0 Å². The van der Waals surface area contributed by atoms with Crippen LogP contribution in [-0.2, 0) is 6.42 Å². The standard InChI is InChI=1S/C12H11ClN2O2S2/c1-2-3-10-14-12(19-15-10)18-7-4-5-9(13)8(6-7)11(16)17/h4-6H,2-3H2,1H3,(H,16,17). The van der Waals surface area contributed by atoms with E-state index in [1.807, 2.05) is 0 Å².